The van der Waals surface area contributed by atoms with Crippen LogP contribution in [0.25, 0.3) is 11.1 Å². The fraction of sp³-hybridized carbons (Fsp3) is 0.308. The van der Waals surface area contributed by atoms with E-state index in [-0.39, 0.29) is 58.7 Å². The molecule has 198 valence electrons. The number of hydrogen-bond acceptors (Lipinski definition) is 6. The average molecular weight is 528 g/mol. The number of aliphatic hydroxyl groups is 1. The smallest absolute Gasteiger partial charge is 0.387 e. The summed E-state index contributed by atoms with van der Waals surface area (Å²) in [4.78, 5) is 46.2. The van der Waals surface area contributed by atoms with Crippen molar-refractivity contribution < 1.29 is 32.6 Å². The van der Waals surface area contributed by atoms with Gasteiger partial charge in [-0.25, -0.2) is 9.37 Å². The molecule has 5 rings (SSSR count). The summed E-state index contributed by atoms with van der Waals surface area (Å²) in [6.45, 7) is -1.98. The monoisotopic (exact) mass is 528 g/mol. The number of nitrogens with zero attached hydrogens (tertiary/aromatic N) is 2. The van der Waals surface area contributed by atoms with Gasteiger partial charge in [0, 0.05) is 42.0 Å². The summed E-state index contributed by atoms with van der Waals surface area (Å²) in [6, 6.07) is 3.53. The van der Waals surface area contributed by atoms with E-state index >= 15 is 0 Å². The van der Waals surface area contributed by atoms with E-state index in [0.29, 0.717) is 16.7 Å². The molecule has 38 heavy (non-hydrogen) atoms. The number of carbonyl (C=O) groups is 2. The van der Waals surface area contributed by atoms with Crippen LogP contribution in [-0.2, 0) is 17.8 Å². The van der Waals surface area contributed by atoms with Crippen molar-refractivity contribution in [3.63, 3.8) is 0 Å². The second kappa shape index (κ2) is 9.93. The number of aromatic amines is 1. The SMILES string of the molecule is Cc1c(-c2ccnc(N3CCc4cc(OC(F)F)cc(F)c4C3=O)c2CO)c[nH]c(=O)c1NC(=O)C1CC1. The second-order valence-corrected chi connectivity index (χ2v) is 9.14. The second-order valence-electron chi connectivity index (χ2n) is 9.14. The molecule has 0 atom stereocenters. The van der Waals surface area contributed by atoms with Crippen molar-refractivity contribution in [3.05, 3.63) is 69.0 Å². The van der Waals surface area contributed by atoms with Gasteiger partial charge in [-0.2, -0.15) is 8.78 Å². The lowest BCUT2D eigenvalue weighted by Crippen LogP contribution is -2.39. The highest BCUT2D eigenvalue weighted by atomic mass is 19.3. The van der Waals surface area contributed by atoms with Gasteiger partial charge in [-0.15, -0.1) is 0 Å². The number of aromatic nitrogens is 2. The van der Waals surface area contributed by atoms with Crippen molar-refractivity contribution in [1.82, 2.24) is 9.97 Å². The van der Waals surface area contributed by atoms with Gasteiger partial charge in [-0.3, -0.25) is 19.3 Å². The van der Waals surface area contributed by atoms with Crippen LogP contribution in [0.5, 0.6) is 5.75 Å². The number of aliphatic hydroxyl groups excluding tert-OH is 1. The van der Waals surface area contributed by atoms with E-state index < -0.39 is 30.5 Å². The minimum Gasteiger partial charge on any atom is -0.435 e. The summed E-state index contributed by atoms with van der Waals surface area (Å²) in [5, 5.41) is 13.0. The van der Waals surface area contributed by atoms with Gasteiger partial charge in [0.15, 0.2) is 0 Å². The topological polar surface area (TPSA) is 125 Å². The van der Waals surface area contributed by atoms with Gasteiger partial charge >= 0.3 is 6.61 Å². The van der Waals surface area contributed by atoms with Crippen LogP contribution in [0.2, 0.25) is 0 Å². The molecule has 0 saturated heterocycles. The fourth-order valence-electron chi connectivity index (χ4n) is 4.66. The van der Waals surface area contributed by atoms with Crippen LogP contribution in [0.1, 0.15) is 39.9 Å². The Labute approximate surface area is 214 Å². The number of benzene rings is 1. The van der Waals surface area contributed by atoms with E-state index in [0.717, 1.165) is 18.9 Å². The third-order valence-corrected chi connectivity index (χ3v) is 6.72. The lowest BCUT2D eigenvalue weighted by molar-refractivity contribution is -0.117. The molecule has 2 amide bonds. The molecule has 1 aliphatic heterocycles. The van der Waals surface area contributed by atoms with Gasteiger partial charge in [0.1, 0.15) is 23.1 Å². The predicted octanol–water partition coefficient (Wildman–Crippen LogP) is 3.53. The summed E-state index contributed by atoms with van der Waals surface area (Å²) < 4.78 is 44.3. The minimum absolute atomic E-state index is 0.0418. The third-order valence-electron chi connectivity index (χ3n) is 6.72. The lowest BCUT2D eigenvalue weighted by Gasteiger charge is -2.30. The van der Waals surface area contributed by atoms with Crippen LogP contribution < -0.4 is 20.5 Å². The molecule has 0 radical (unpaired) electrons. The first-order valence-electron chi connectivity index (χ1n) is 11.9. The maximum absolute atomic E-state index is 14.8. The lowest BCUT2D eigenvalue weighted by atomic mass is 9.95. The van der Waals surface area contributed by atoms with Crippen molar-refractivity contribution in [1.29, 1.82) is 0 Å². The van der Waals surface area contributed by atoms with Gasteiger partial charge in [0.2, 0.25) is 5.91 Å². The molecule has 0 bridgehead atoms. The quantitative estimate of drug-likeness (QED) is 0.431. The van der Waals surface area contributed by atoms with Crippen molar-refractivity contribution in [2.75, 3.05) is 16.8 Å². The van der Waals surface area contributed by atoms with Gasteiger partial charge in [-0.1, -0.05) is 0 Å². The van der Waals surface area contributed by atoms with Gasteiger partial charge < -0.3 is 20.1 Å². The Morgan fingerprint density at radius 3 is 2.74 bits per heavy atom. The molecule has 2 aromatic heterocycles. The molecule has 0 spiro atoms. The molecular weight excluding hydrogens is 505 g/mol. The zero-order valence-corrected chi connectivity index (χ0v) is 20.2. The predicted molar refractivity (Wildman–Crippen MR) is 131 cm³/mol. The molecule has 12 heteroatoms. The molecule has 2 aliphatic rings. The largest absolute Gasteiger partial charge is 0.435 e. The molecule has 1 saturated carbocycles. The number of rotatable bonds is 7. The molecule has 3 aromatic rings. The van der Waals surface area contributed by atoms with Gasteiger partial charge in [-0.05, 0) is 55.0 Å². The number of hydrogen-bond donors (Lipinski definition) is 3. The highest BCUT2D eigenvalue weighted by Crippen LogP contribution is 2.36. The molecular formula is C26H23F3N4O5. The van der Waals surface area contributed by atoms with Crippen LogP contribution in [0.4, 0.5) is 24.7 Å². The van der Waals surface area contributed by atoms with Crippen LogP contribution in [-0.4, -0.2) is 40.0 Å². The van der Waals surface area contributed by atoms with E-state index in [1.54, 1.807) is 13.0 Å². The van der Waals surface area contributed by atoms with Crippen molar-refractivity contribution in [3.8, 4) is 16.9 Å². The number of anilines is 2. The Morgan fingerprint density at radius 2 is 2.05 bits per heavy atom. The highest BCUT2D eigenvalue weighted by Gasteiger charge is 2.33. The van der Waals surface area contributed by atoms with E-state index in [1.807, 2.05) is 0 Å². The van der Waals surface area contributed by atoms with Crippen LogP contribution in [0, 0.1) is 18.7 Å². The molecule has 9 nitrogen and oxygen atoms in total. The first-order chi connectivity index (χ1) is 18.2. The molecule has 0 unspecified atom stereocenters. The maximum Gasteiger partial charge on any atom is 0.387 e. The number of alkyl halides is 2. The Kier molecular flexibility index (Phi) is 6.66. The van der Waals surface area contributed by atoms with Crippen molar-refractivity contribution in [2.24, 2.45) is 5.92 Å². The summed E-state index contributed by atoms with van der Waals surface area (Å²) >= 11 is 0. The molecule has 1 aliphatic carbocycles. The number of amides is 2. The highest BCUT2D eigenvalue weighted by molar-refractivity contribution is 6.08. The molecule has 1 fully saturated rings. The number of fused-ring (bicyclic) bond motifs is 1. The van der Waals surface area contributed by atoms with Crippen LogP contribution >= 0.6 is 0 Å². The number of carbonyl (C=O) groups excluding carboxylic acids is 2. The maximum atomic E-state index is 14.8. The first-order valence-corrected chi connectivity index (χ1v) is 11.9. The van der Waals surface area contributed by atoms with Crippen LogP contribution in [0.15, 0.2) is 35.4 Å². The summed E-state index contributed by atoms with van der Waals surface area (Å²) in [6.07, 6.45) is 4.51. The average Bonchev–Trinajstić information content (AvgIpc) is 3.71. The van der Waals surface area contributed by atoms with E-state index in [4.69, 9.17) is 0 Å². The third kappa shape index (κ3) is 4.62. The van der Waals surface area contributed by atoms with E-state index in [1.165, 1.54) is 23.4 Å². The van der Waals surface area contributed by atoms with Crippen molar-refractivity contribution >= 4 is 23.3 Å². The standard InChI is InChI=1S/C26H23F3N4O5/c1-12-17(10-31-24(36)21(12)32-23(35)13-2-3-13)16-4-6-30-22(18(16)11-34)33-7-5-14-8-15(38-26(28)29)9-19(27)20(14)25(33)37/h4,6,8-10,13,26,34H,2-3,5,7,11H2,1H3,(H,31,36)(H,32,35). The molecule has 3 heterocycles. The zero-order valence-electron chi connectivity index (χ0n) is 20.2. The Hall–Kier alpha value is -4.19. The number of ether oxygens (including phenoxy) is 1. The molecule has 3 N–H and O–H groups in total. The summed E-state index contributed by atoms with van der Waals surface area (Å²) in [7, 11) is 0. The number of nitrogens with one attached hydrogen (secondary N) is 2. The number of halogens is 3. The van der Waals surface area contributed by atoms with Gasteiger partial charge in [0.25, 0.3) is 11.5 Å². The summed E-state index contributed by atoms with van der Waals surface area (Å²) in [5.74, 6) is -2.42. The first kappa shape index (κ1) is 25.5. The minimum atomic E-state index is -3.14. The van der Waals surface area contributed by atoms with E-state index in [9.17, 15) is 32.7 Å². The molecule has 1 aromatic carbocycles. The Morgan fingerprint density at radius 1 is 1.29 bits per heavy atom. The fourth-order valence-corrected chi connectivity index (χ4v) is 4.66. The normalized spacial score (nSPS) is 15.0. The van der Waals surface area contributed by atoms with Crippen molar-refractivity contribution in [2.45, 2.75) is 39.4 Å². The zero-order chi connectivity index (χ0) is 27.1. The van der Waals surface area contributed by atoms with E-state index in [2.05, 4.69) is 20.0 Å². The number of H-pyrrole nitrogens is 1. The Bertz CT molecular complexity index is 1500. The van der Waals surface area contributed by atoms with Crippen LogP contribution in [0.3, 0.4) is 0 Å². The Balaban J connectivity index is 1.53. The van der Waals surface area contributed by atoms with Gasteiger partial charge in [0.05, 0.1) is 12.2 Å². The summed E-state index contributed by atoms with van der Waals surface area (Å²) in [5.41, 5.74) is 1.19. The number of pyridine rings is 2.